The van der Waals surface area contributed by atoms with Crippen molar-refractivity contribution in [3.05, 3.63) is 12.7 Å². The Labute approximate surface area is 95.3 Å². The van der Waals surface area contributed by atoms with Crippen LogP contribution < -0.4 is 0 Å². The summed E-state index contributed by atoms with van der Waals surface area (Å²) < 4.78 is 4.76. The van der Waals surface area contributed by atoms with E-state index in [1.165, 1.54) is 0 Å². The third-order valence-electron chi connectivity index (χ3n) is 1.71. The number of carbonyl (C=O) groups is 2. The zero-order chi connectivity index (χ0) is 12.2. The predicted molar refractivity (Wildman–Crippen MR) is 57.3 cm³/mol. The Morgan fingerprint density at radius 3 is 2.88 bits per heavy atom. The van der Waals surface area contributed by atoms with E-state index in [1.54, 1.807) is 6.92 Å². The lowest BCUT2D eigenvalue weighted by Gasteiger charge is -1.93. The van der Waals surface area contributed by atoms with Gasteiger partial charge in [0.1, 0.15) is 0 Å². The maximum atomic E-state index is 10.5. The second-order valence-electron chi connectivity index (χ2n) is 3.04. The summed E-state index contributed by atoms with van der Waals surface area (Å²) in [7, 11) is 0. The van der Waals surface area contributed by atoms with E-state index >= 15 is 0 Å². The first-order chi connectivity index (χ1) is 7.70. The normalized spacial score (nSPS) is 14.9. The highest BCUT2D eigenvalue weighted by Gasteiger charge is 2.05. The van der Waals surface area contributed by atoms with Gasteiger partial charge in [-0.1, -0.05) is 6.58 Å². The lowest BCUT2D eigenvalue weighted by Crippen LogP contribution is -2.00. The molecule has 1 saturated heterocycles. The van der Waals surface area contributed by atoms with Crippen LogP contribution in [0.3, 0.4) is 0 Å². The number of hydrogen-bond donors (Lipinski definition) is 0. The van der Waals surface area contributed by atoms with Crippen molar-refractivity contribution < 1.29 is 24.1 Å². The van der Waals surface area contributed by atoms with E-state index in [2.05, 4.69) is 16.4 Å². The molecule has 1 rings (SSSR count). The topological polar surface area (TPSA) is 61.8 Å². The predicted octanol–water partition coefficient (Wildman–Crippen LogP) is 1.77. The number of rotatable bonds is 3. The highest BCUT2D eigenvalue weighted by Crippen LogP contribution is 2.06. The van der Waals surface area contributed by atoms with Crippen molar-refractivity contribution in [1.82, 2.24) is 0 Å². The maximum absolute atomic E-state index is 10.5. The van der Waals surface area contributed by atoms with Gasteiger partial charge in [-0.05, 0) is 26.2 Å². The summed E-state index contributed by atoms with van der Waals surface area (Å²) >= 11 is 0. The Hall–Kier alpha value is -1.36. The van der Waals surface area contributed by atoms with Crippen LogP contribution >= 0.6 is 0 Å². The Bertz CT molecular complexity index is 214. The van der Waals surface area contributed by atoms with Crippen LogP contribution in [0.25, 0.3) is 0 Å². The molecule has 0 atom stereocenters. The zero-order valence-corrected chi connectivity index (χ0v) is 9.57. The summed E-state index contributed by atoms with van der Waals surface area (Å²) in [5.41, 5.74) is 0. The molecule has 1 heterocycles. The lowest BCUT2D eigenvalue weighted by molar-refractivity contribution is -0.264. The van der Waals surface area contributed by atoms with Crippen LogP contribution in [0.2, 0.25) is 0 Å². The van der Waals surface area contributed by atoms with Gasteiger partial charge in [0.25, 0.3) is 0 Å². The molecule has 0 aromatic rings. The van der Waals surface area contributed by atoms with Gasteiger partial charge in [0, 0.05) is 12.5 Å². The van der Waals surface area contributed by atoms with E-state index in [0.717, 1.165) is 25.3 Å². The van der Waals surface area contributed by atoms with Crippen LogP contribution in [0.15, 0.2) is 12.7 Å². The van der Waals surface area contributed by atoms with E-state index in [-0.39, 0.29) is 5.97 Å². The van der Waals surface area contributed by atoms with Gasteiger partial charge in [0.15, 0.2) is 0 Å². The van der Waals surface area contributed by atoms with Crippen molar-refractivity contribution in [3.63, 3.8) is 0 Å². The molecule has 5 nitrogen and oxygen atoms in total. The standard InChI is InChI=1S/C6H10O2.C5H8O3/c7-6-4-2-1-3-5-8-6;1-3-5(6)8-7-4-2/h1-5H2;3H,1,4H2,2H3. The zero-order valence-electron chi connectivity index (χ0n) is 9.57. The van der Waals surface area contributed by atoms with Crippen LogP contribution in [-0.2, 0) is 24.1 Å². The lowest BCUT2D eigenvalue weighted by atomic mass is 10.2. The van der Waals surface area contributed by atoms with Crippen LogP contribution in [0.4, 0.5) is 0 Å². The van der Waals surface area contributed by atoms with E-state index in [1.807, 2.05) is 0 Å². The first kappa shape index (κ1) is 14.6. The fourth-order valence-corrected chi connectivity index (χ4v) is 0.957. The minimum Gasteiger partial charge on any atom is -0.466 e. The minimum absolute atomic E-state index is 0.0255. The quantitative estimate of drug-likeness (QED) is 0.320. The van der Waals surface area contributed by atoms with Crippen LogP contribution in [-0.4, -0.2) is 25.2 Å². The molecule has 16 heavy (non-hydrogen) atoms. The van der Waals surface area contributed by atoms with Crippen molar-refractivity contribution in [1.29, 1.82) is 0 Å². The summed E-state index contributed by atoms with van der Waals surface area (Å²) in [6.07, 6.45) is 4.87. The molecule has 0 unspecified atom stereocenters. The molecule has 5 heteroatoms. The number of esters is 1. The molecule has 0 bridgehead atoms. The molecule has 0 radical (unpaired) electrons. The van der Waals surface area contributed by atoms with Gasteiger partial charge < -0.3 is 4.74 Å². The van der Waals surface area contributed by atoms with Crippen molar-refractivity contribution in [2.75, 3.05) is 13.2 Å². The van der Waals surface area contributed by atoms with Crippen LogP contribution in [0.5, 0.6) is 0 Å². The number of hydrogen-bond acceptors (Lipinski definition) is 5. The average Bonchev–Trinajstić information content (AvgIpc) is 2.54. The van der Waals surface area contributed by atoms with E-state index in [9.17, 15) is 9.59 Å². The molecule has 1 fully saturated rings. The first-order valence-corrected chi connectivity index (χ1v) is 5.32. The van der Waals surface area contributed by atoms with Crippen LogP contribution in [0, 0.1) is 0 Å². The van der Waals surface area contributed by atoms with E-state index in [0.29, 0.717) is 19.6 Å². The molecule has 0 saturated carbocycles. The highest BCUT2D eigenvalue weighted by atomic mass is 17.2. The Morgan fingerprint density at radius 2 is 2.25 bits per heavy atom. The molecule has 1 aliphatic heterocycles. The third kappa shape index (κ3) is 9.21. The fraction of sp³-hybridized carbons (Fsp3) is 0.636. The van der Waals surface area contributed by atoms with Crippen LogP contribution in [0.1, 0.15) is 32.6 Å². The summed E-state index contributed by atoms with van der Waals surface area (Å²) in [5, 5.41) is 0. The van der Waals surface area contributed by atoms with Gasteiger partial charge in [0.05, 0.1) is 13.2 Å². The third-order valence-corrected chi connectivity index (χ3v) is 1.71. The summed E-state index contributed by atoms with van der Waals surface area (Å²) in [5.74, 6) is -0.589. The Kier molecular flexibility index (Phi) is 9.30. The van der Waals surface area contributed by atoms with E-state index < -0.39 is 5.97 Å². The van der Waals surface area contributed by atoms with Gasteiger partial charge in [-0.3, -0.25) is 9.68 Å². The highest BCUT2D eigenvalue weighted by molar-refractivity contribution is 5.80. The van der Waals surface area contributed by atoms with Crippen molar-refractivity contribution in [2.45, 2.75) is 32.6 Å². The number of ether oxygens (including phenoxy) is 1. The second kappa shape index (κ2) is 10.2. The molecule has 0 aromatic heterocycles. The summed E-state index contributed by atoms with van der Waals surface area (Å²) in [6, 6.07) is 0. The van der Waals surface area contributed by atoms with Gasteiger partial charge in [-0.25, -0.2) is 4.79 Å². The molecular weight excluding hydrogens is 212 g/mol. The maximum Gasteiger partial charge on any atom is 0.365 e. The van der Waals surface area contributed by atoms with Gasteiger partial charge in [-0.2, -0.15) is 4.89 Å². The van der Waals surface area contributed by atoms with Crippen molar-refractivity contribution in [3.8, 4) is 0 Å². The average molecular weight is 230 g/mol. The molecule has 1 aliphatic rings. The first-order valence-electron chi connectivity index (χ1n) is 5.32. The largest absolute Gasteiger partial charge is 0.466 e. The van der Waals surface area contributed by atoms with Crippen molar-refractivity contribution in [2.24, 2.45) is 0 Å². The van der Waals surface area contributed by atoms with E-state index in [4.69, 9.17) is 4.74 Å². The fourth-order valence-electron chi connectivity index (χ4n) is 0.957. The second-order valence-corrected chi connectivity index (χ2v) is 3.04. The molecule has 0 amide bonds. The summed E-state index contributed by atoms with van der Waals surface area (Å²) in [4.78, 5) is 28.9. The van der Waals surface area contributed by atoms with Gasteiger partial charge in [0.2, 0.25) is 0 Å². The van der Waals surface area contributed by atoms with Crippen molar-refractivity contribution >= 4 is 11.9 Å². The molecule has 0 aromatic carbocycles. The Morgan fingerprint density at radius 1 is 1.50 bits per heavy atom. The molecular formula is C11H18O5. The summed E-state index contributed by atoms with van der Waals surface area (Å²) in [6.45, 7) is 5.88. The molecule has 0 spiro atoms. The monoisotopic (exact) mass is 230 g/mol. The van der Waals surface area contributed by atoms with Gasteiger partial charge in [-0.15, -0.1) is 0 Å². The molecule has 92 valence electrons. The molecule has 0 N–H and O–H groups in total. The number of cyclic esters (lactones) is 1. The minimum atomic E-state index is -0.563. The Balaban J connectivity index is 0.000000281. The molecule has 0 aliphatic carbocycles. The van der Waals surface area contributed by atoms with Gasteiger partial charge >= 0.3 is 11.9 Å². The SMILES string of the molecule is C=CC(=O)OOCC.O=C1CCCCCO1. The smallest absolute Gasteiger partial charge is 0.365 e. The number of carbonyl (C=O) groups excluding carboxylic acids is 2.